The Labute approximate surface area is 101 Å². The van der Waals surface area contributed by atoms with Gasteiger partial charge in [-0.3, -0.25) is 4.57 Å². The van der Waals surface area contributed by atoms with Crippen molar-refractivity contribution in [3.05, 3.63) is 35.9 Å². The maximum atomic E-state index is 12.4. The molecule has 4 nitrogen and oxygen atoms in total. The third kappa shape index (κ3) is 3.39. The normalized spacial score (nSPS) is 10.9. The Balaban J connectivity index is 3.17. The molecule has 0 radical (unpaired) electrons. The minimum absolute atomic E-state index is 0.0539. The van der Waals surface area contributed by atoms with Crippen molar-refractivity contribution < 1.29 is 18.4 Å². The molecule has 1 rings (SSSR count). The van der Waals surface area contributed by atoms with Crippen molar-refractivity contribution in [3.8, 4) is 0 Å². The molecule has 0 aliphatic heterocycles. The van der Waals surface area contributed by atoms with Crippen molar-refractivity contribution in [3.63, 3.8) is 0 Å². The number of hydrogen-bond acceptors (Lipinski definition) is 4. The molecule has 1 aromatic rings. The minimum Gasteiger partial charge on any atom is -0.305 e. The quantitative estimate of drug-likeness (QED) is 0.578. The van der Waals surface area contributed by atoms with Gasteiger partial charge in [0.2, 0.25) is 0 Å². The van der Waals surface area contributed by atoms with Gasteiger partial charge in [-0.15, -0.1) is 0 Å². The summed E-state index contributed by atoms with van der Waals surface area (Å²) in [6.45, 7) is 3.79. The van der Waals surface area contributed by atoms with E-state index >= 15 is 0 Å². The van der Waals surface area contributed by atoms with E-state index in [1.165, 1.54) is 0 Å². The first-order valence-corrected chi connectivity index (χ1v) is 6.92. The average molecular weight is 254 g/mol. The molecule has 0 atom stereocenters. The molecule has 0 unspecified atom stereocenters. The number of hydrogen-bond donors (Lipinski definition) is 0. The molecular formula is C12H15O4P. The highest BCUT2D eigenvalue weighted by Crippen LogP contribution is 2.59. The first kappa shape index (κ1) is 13.9. The molecule has 0 saturated heterocycles. The fourth-order valence-electron chi connectivity index (χ4n) is 1.38. The van der Waals surface area contributed by atoms with Crippen LogP contribution < -0.4 is 0 Å². The topological polar surface area (TPSA) is 52.6 Å². The van der Waals surface area contributed by atoms with Gasteiger partial charge in [0.1, 0.15) is 5.94 Å². The van der Waals surface area contributed by atoms with E-state index in [1.807, 2.05) is 0 Å². The maximum Gasteiger partial charge on any atom is 0.372 e. The van der Waals surface area contributed by atoms with E-state index < -0.39 is 7.60 Å². The second kappa shape index (κ2) is 6.53. The molecule has 0 bridgehead atoms. The number of carbonyl (C=O) groups excluding carboxylic acids is 1. The summed E-state index contributed by atoms with van der Waals surface area (Å²) >= 11 is 0. The van der Waals surface area contributed by atoms with E-state index in [2.05, 4.69) is 0 Å². The van der Waals surface area contributed by atoms with Crippen LogP contribution in [0.3, 0.4) is 0 Å². The Morgan fingerprint density at radius 2 is 1.71 bits per heavy atom. The Bertz CT molecular complexity index is 439. The van der Waals surface area contributed by atoms with Gasteiger partial charge in [-0.1, -0.05) is 30.3 Å². The highest BCUT2D eigenvalue weighted by atomic mass is 31.2. The summed E-state index contributed by atoms with van der Waals surface area (Å²) in [5.41, 5.74) is 0.507. The van der Waals surface area contributed by atoms with E-state index in [9.17, 15) is 9.36 Å². The van der Waals surface area contributed by atoms with Crippen molar-refractivity contribution in [2.24, 2.45) is 0 Å². The standard InChI is InChI=1S/C12H15O4P/c1-3-15-17(14,16-4-2)12(10-13)11-8-6-5-7-9-11/h5-9H,3-4H2,1-2H3. The highest BCUT2D eigenvalue weighted by Gasteiger charge is 2.32. The molecule has 0 saturated carbocycles. The minimum atomic E-state index is -3.56. The number of rotatable bonds is 6. The molecule has 5 heteroatoms. The second-order valence-electron chi connectivity index (χ2n) is 3.15. The van der Waals surface area contributed by atoms with Crippen molar-refractivity contribution in [2.45, 2.75) is 13.8 Å². The number of benzene rings is 1. The summed E-state index contributed by atoms with van der Waals surface area (Å²) < 4.78 is 22.6. The molecule has 17 heavy (non-hydrogen) atoms. The van der Waals surface area contributed by atoms with E-state index in [0.717, 1.165) is 0 Å². The van der Waals surface area contributed by atoms with Gasteiger partial charge in [-0.25, -0.2) is 4.79 Å². The van der Waals surface area contributed by atoms with E-state index in [0.29, 0.717) is 5.56 Å². The van der Waals surface area contributed by atoms with Crippen LogP contribution in [-0.2, 0) is 18.4 Å². The smallest absolute Gasteiger partial charge is 0.305 e. The molecule has 1 aromatic carbocycles. The van der Waals surface area contributed by atoms with Gasteiger partial charge in [-0.05, 0) is 13.8 Å². The van der Waals surface area contributed by atoms with Crippen LogP contribution in [-0.4, -0.2) is 19.2 Å². The predicted octanol–water partition coefficient (Wildman–Crippen LogP) is 3.13. The van der Waals surface area contributed by atoms with Crippen LogP contribution in [0.5, 0.6) is 0 Å². The highest BCUT2D eigenvalue weighted by molar-refractivity contribution is 7.65. The van der Waals surface area contributed by atoms with Crippen LogP contribution in [0.4, 0.5) is 0 Å². The van der Waals surface area contributed by atoms with Crippen molar-refractivity contribution >= 4 is 18.9 Å². The van der Waals surface area contributed by atoms with E-state index in [4.69, 9.17) is 9.05 Å². The summed E-state index contributed by atoms with van der Waals surface area (Å²) in [7, 11) is -3.56. The zero-order chi connectivity index (χ0) is 12.7. The summed E-state index contributed by atoms with van der Waals surface area (Å²) in [6, 6.07) is 8.64. The lowest BCUT2D eigenvalue weighted by atomic mass is 10.2. The average Bonchev–Trinajstić information content (AvgIpc) is 2.31. The fraction of sp³-hybridized carbons (Fsp3) is 0.333. The van der Waals surface area contributed by atoms with Crippen LogP contribution in [0, 0.1) is 0 Å². The molecule has 0 aliphatic rings. The maximum absolute atomic E-state index is 12.4. The summed E-state index contributed by atoms with van der Waals surface area (Å²) in [4.78, 5) is 11.0. The lowest BCUT2D eigenvalue weighted by molar-refractivity contribution is 0.231. The van der Waals surface area contributed by atoms with Crippen LogP contribution in [0.25, 0.3) is 5.31 Å². The zero-order valence-electron chi connectivity index (χ0n) is 9.88. The first-order chi connectivity index (χ1) is 8.18. The molecule has 0 heterocycles. The van der Waals surface area contributed by atoms with Gasteiger partial charge < -0.3 is 9.05 Å². The van der Waals surface area contributed by atoms with Crippen LogP contribution in [0.2, 0.25) is 0 Å². The van der Waals surface area contributed by atoms with E-state index in [1.54, 1.807) is 50.1 Å². The monoisotopic (exact) mass is 254 g/mol. The van der Waals surface area contributed by atoms with Crippen molar-refractivity contribution in [2.75, 3.05) is 13.2 Å². The Morgan fingerprint density at radius 1 is 1.18 bits per heavy atom. The zero-order valence-corrected chi connectivity index (χ0v) is 10.8. The third-order valence-corrected chi connectivity index (χ3v) is 4.11. The third-order valence-electron chi connectivity index (χ3n) is 2.02. The van der Waals surface area contributed by atoms with Gasteiger partial charge in [0.15, 0.2) is 5.31 Å². The summed E-state index contributed by atoms with van der Waals surface area (Å²) in [6.07, 6.45) is 0. The van der Waals surface area contributed by atoms with Gasteiger partial charge in [0.05, 0.1) is 13.2 Å². The lowest BCUT2D eigenvalue weighted by Crippen LogP contribution is -1.99. The van der Waals surface area contributed by atoms with Crippen LogP contribution in [0.1, 0.15) is 19.4 Å². The van der Waals surface area contributed by atoms with Crippen LogP contribution in [0.15, 0.2) is 30.3 Å². The van der Waals surface area contributed by atoms with Gasteiger partial charge in [-0.2, -0.15) is 0 Å². The molecule has 0 fully saturated rings. The Kier molecular flexibility index (Phi) is 5.33. The van der Waals surface area contributed by atoms with E-state index in [-0.39, 0.29) is 18.5 Å². The molecule has 0 amide bonds. The predicted molar refractivity (Wildman–Crippen MR) is 66.4 cm³/mol. The first-order valence-electron chi connectivity index (χ1n) is 5.38. The largest absolute Gasteiger partial charge is 0.372 e. The van der Waals surface area contributed by atoms with Gasteiger partial charge in [0, 0.05) is 5.56 Å². The van der Waals surface area contributed by atoms with Gasteiger partial charge in [0.25, 0.3) is 0 Å². The lowest BCUT2D eigenvalue weighted by Gasteiger charge is -2.17. The summed E-state index contributed by atoms with van der Waals surface area (Å²) in [5.74, 6) is 1.68. The Morgan fingerprint density at radius 3 is 2.12 bits per heavy atom. The molecule has 0 aromatic heterocycles. The molecular weight excluding hydrogens is 239 g/mol. The van der Waals surface area contributed by atoms with Gasteiger partial charge >= 0.3 is 7.60 Å². The van der Waals surface area contributed by atoms with Crippen LogP contribution >= 0.6 is 7.60 Å². The SMILES string of the molecule is CCOP(=O)(OCC)C(=C=O)c1ccccc1. The van der Waals surface area contributed by atoms with Crippen molar-refractivity contribution in [1.82, 2.24) is 0 Å². The molecule has 0 aliphatic carbocycles. The molecule has 0 spiro atoms. The molecule has 0 N–H and O–H groups in total. The Hall–Kier alpha value is -1.18. The molecule has 92 valence electrons. The summed E-state index contributed by atoms with van der Waals surface area (Å²) in [5, 5.41) is -0.0539. The van der Waals surface area contributed by atoms with Crippen molar-refractivity contribution in [1.29, 1.82) is 0 Å². The second-order valence-corrected chi connectivity index (χ2v) is 5.11. The fourth-order valence-corrected chi connectivity index (χ4v) is 2.96.